The van der Waals surface area contributed by atoms with Crippen LogP contribution in [-0.4, -0.2) is 62.9 Å². The molecule has 1 aliphatic heterocycles. The fourth-order valence-electron chi connectivity index (χ4n) is 4.70. The number of aliphatic carboxylic acids is 1. The van der Waals surface area contributed by atoms with Gasteiger partial charge in [0.2, 0.25) is 0 Å². The second-order valence-corrected chi connectivity index (χ2v) is 9.36. The number of carbonyl (C=O) groups excluding carboxylic acids is 1. The maximum Gasteiger partial charge on any atom is 0.320 e. The van der Waals surface area contributed by atoms with Crippen LogP contribution >= 0.6 is 0 Å². The van der Waals surface area contributed by atoms with Crippen molar-refractivity contribution in [3.8, 4) is 0 Å². The Labute approximate surface area is 215 Å². The number of hydrogen-bond donors (Lipinski definition) is 6. The normalized spacial score (nSPS) is 22.5. The Hall–Kier alpha value is -3.48. The van der Waals surface area contributed by atoms with Crippen molar-refractivity contribution < 1.29 is 29.3 Å². The number of aromatic nitrogens is 2. The largest absolute Gasteiger partial charge is 0.481 e. The molecule has 7 N–H and O–H groups in total. The smallest absolute Gasteiger partial charge is 0.320 e. The SMILES string of the molecule is Nc1c(NC(=O)NC2CCCC2)ncnc1N[C@H]1C[C@@H](O[C@@H](O)Cc2ccccc2)[C@@H](CCC(=O)O)O1. The summed E-state index contributed by atoms with van der Waals surface area (Å²) in [6, 6.07) is 9.19. The van der Waals surface area contributed by atoms with Gasteiger partial charge in [0.05, 0.1) is 12.2 Å². The lowest BCUT2D eigenvalue weighted by atomic mass is 10.1. The number of hydrogen-bond acceptors (Lipinski definition) is 9. The van der Waals surface area contributed by atoms with E-state index in [2.05, 4.69) is 25.9 Å². The third-order valence-corrected chi connectivity index (χ3v) is 6.53. The quantitative estimate of drug-likeness (QED) is 0.244. The molecule has 2 aromatic rings. The minimum Gasteiger partial charge on any atom is -0.481 e. The van der Waals surface area contributed by atoms with Gasteiger partial charge in [0.25, 0.3) is 0 Å². The van der Waals surface area contributed by atoms with Crippen LogP contribution < -0.4 is 21.7 Å². The number of nitrogens with one attached hydrogen (secondary N) is 3. The van der Waals surface area contributed by atoms with Gasteiger partial charge in [0, 0.05) is 25.3 Å². The zero-order chi connectivity index (χ0) is 26.2. The first kappa shape index (κ1) is 26.6. The van der Waals surface area contributed by atoms with Crippen LogP contribution in [-0.2, 0) is 20.7 Å². The topological polar surface area (TPSA) is 181 Å². The molecule has 1 aliphatic carbocycles. The predicted molar refractivity (Wildman–Crippen MR) is 136 cm³/mol. The van der Waals surface area contributed by atoms with Crippen LogP contribution in [0.25, 0.3) is 0 Å². The molecule has 0 spiro atoms. The Bertz CT molecular complexity index is 1050. The van der Waals surface area contributed by atoms with Crippen LogP contribution in [0.2, 0.25) is 0 Å². The van der Waals surface area contributed by atoms with E-state index in [0.717, 1.165) is 31.2 Å². The van der Waals surface area contributed by atoms with Gasteiger partial charge in [-0.25, -0.2) is 14.8 Å². The van der Waals surface area contributed by atoms with Crippen LogP contribution in [0.4, 0.5) is 22.1 Å². The van der Waals surface area contributed by atoms with E-state index in [1.165, 1.54) is 6.33 Å². The number of anilines is 3. The van der Waals surface area contributed by atoms with Crippen molar-refractivity contribution in [1.82, 2.24) is 15.3 Å². The third-order valence-electron chi connectivity index (χ3n) is 6.53. The Kier molecular flexibility index (Phi) is 9.09. The molecule has 1 saturated heterocycles. The standard InChI is InChI=1S/C25H34N6O6/c26-22-23(27-14-28-24(22)31-25(35)29-16-8-4-5-9-16)30-19-13-18(17(36-19)10-11-20(32)33)37-21(34)12-15-6-2-1-3-7-15/h1-3,6-7,14,16-19,21,34H,4-5,8-13,26H2,(H,32,33)(H3,27,28,29,30,31,35)/t17-,18-,19-,21-/m1/s1. The second kappa shape index (κ2) is 12.7. The van der Waals surface area contributed by atoms with Crippen molar-refractivity contribution in [2.45, 2.75) is 82.1 Å². The van der Waals surface area contributed by atoms with Crippen molar-refractivity contribution in [2.75, 3.05) is 16.4 Å². The molecule has 1 saturated carbocycles. The summed E-state index contributed by atoms with van der Waals surface area (Å²) in [6.07, 6.45) is 3.29. The average Bonchev–Trinajstić information content (AvgIpc) is 3.50. The predicted octanol–water partition coefficient (Wildman–Crippen LogP) is 2.46. The molecular weight excluding hydrogens is 480 g/mol. The summed E-state index contributed by atoms with van der Waals surface area (Å²) in [4.78, 5) is 31.7. The van der Waals surface area contributed by atoms with E-state index >= 15 is 0 Å². The molecule has 12 nitrogen and oxygen atoms in total. The molecule has 4 atom stereocenters. The van der Waals surface area contributed by atoms with Crippen LogP contribution in [0.3, 0.4) is 0 Å². The summed E-state index contributed by atoms with van der Waals surface area (Å²) in [5.74, 6) is -0.520. The number of ether oxygens (including phenoxy) is 2. The number of benzene rings is 1. The number of carbonyl (C=O) groups is 2. The molecule has 1 aromatic heterocycles. The van der Waals surface area contributed by atoms with Crippen LogP contribution in [0, 0.1) is 0 Å². The molecule has 4 rings (SSSR count). The summed E-state index contributed by atoms with van der Waals surface area (Å²) in [5, 5.41) is 28.3. The minimum absolute atomic E-state index is 0.105. The lowest BCUT2D eigenvalue weighted by Gasteiger charge is -2.21. The number of aliphatic hydroxyl groups is 1. The summed E-state index contributed by atoms with van der Waals surface area (Å²) >= 11 is 0. The molecule has 200 valence electrons. The highest BCUT2D eigenvalue weighted by Gasteiger charge is 2.38. The maximum atomic E-state index is 12.4. The van der Waals surface area contributed by atoms with E-state index in [-0.39, 0.29) is 48.7 Å². The molecule has 0 bridgehead atoms. The van der Waals surface area contributed by atoms with Crippen molar-refractivity contribution in [3.63, 3.8) is 0 Å². The summed E-state index contributed by atoms with van der Waals surface area (Å²) in [7, 11) is 0. The molecule has 2 amide bonds. The van der Waals surface area contributed by atoms with E-state index in [0.29, 0.717) is 6.42 Å². The van der Waals surface area contributed by atoms with Gasteiger partial charge in [-0.1, -0.05) is 43.2 Å². The highest BCUT2D eigenvalue weighted by Crippen LogP contribution is 2.31. The molecular formula is C25H34N6O6. The van der Waals surface area contributed by atoms with Gasteiger partial charge < -0.3 is 36.1 Å². The second-order valence-electron chi connectivity index (χ2n) is 9.36. The number of carboxylic acids is 1. The van der Waals surface area contributed by atoms with Crippen molar-refractivity contribution in [1.29, 1.82) is 0 Å². The van der Waals surface area contributed by atoms with Gasteiger partial charge in [-0.05, 0) is 24.8 Å². The number of urea groups is 1. The molecule has 0 radical (unpaired) electrons. The van der Waals surface area contributed by atoms with Gasteiger partial charge in [-0.15, -0.1) is 0 Å². The molecule has 2 fully saturated rings. The van der Waals surface area contributed by atoms with E-state index in [4.69, 9.17) is 20.3 Å². The van der Waals surface area contributed by atoms with Gasteiger partial charge in [-0.3, -0.25) is 10.1 Å². The maximum absolute atomic E-state index is 12.4. The lowest BCUT2D eigenvalue weighted by molar-refractivity contribution is -0.152. The van der Waals surface area contributed by atoms with Crippen LogP contribution in [0.1, 0.15) is 50.5 Å². The number of amides is 2. The van der Waals surface area contributed by atoms with Gasteiger partial charge in [0.15, 0.2) is 17.9 Å². The summed E-state index contributed by atoms with van der Waals surface area (Å²) in [6.45, 7) is 0. The minimum atomic E-state index is -1.08. The van der Waals surface area contributed by atoms with E-state index in [1.807, 2.05) is 30.3 Å². The van der Waals surface area contributed by atoms with Crippen LogP contribution in [0.15, 0.2) is 36.7 Å². The fourth-order valence-corrected chi connectivity index (χ4v) is 4.70. The van der Waals surface area contributed by atoms with Gasteiger partial charge in [-0.2, -0.15) is 0 Å². The van der Waals surface area contributed by atoms with Crippen LogP contribution in [0.5, 0.6) is 0 Å². The number of nitrogens with two attached hydrogens (primary N) is 1. The van der Waals surface area contributed by atoms with Gasteiger partial charge >= 0.3 is 12.0 Å². The van der Waals surface area contributed by atoms with Crippen molar-refractivity contribution in [3.05, 3.63) is 42.2 Å². The highest BCUT2D eigenvalue weighted by atomic mass is 16.6. The molecule has 2 aliphatic rings. The van der Waals surface area contributed by atoms with E-state index in [1.54, 1.807) is 0 Å². The van der Waals surface area contributed by atoms with Gasteiger partial charge in [0.1, 0.15) is 18.2 Å². The highest BCUT2D eigenvalue weighted by molar-refractivity contribution is 5.93. The lowest BCUT2D eigenvalue weighted by Crippen LogP contribution is -2.36. The Morgan fingerprint density at radius 2 is 1.89 bits per heavy atom. The number of rotatable bonds is 11. The monoisotopic (exact) mass is 514 g/mol. The molecule has 12 heteroatoms. The number of aliphatic hydroxyl groups excluding tert-OH is 1. The Morgan fingerprint density at radius 3 is 2.62 bits per heavy atom. The first-order valence-corrected chi connectivity index (χ1v) is 12.6. The zero-order valence-electron chi connectivity index (χ0n) is 20.5. The number of nitrogens with zero attached hydrogens (tertiary/aromatic N) is 2. The van der Waals surface area contributed by atoms with Crippen molar-refractivity contribution >= 4 is 29.3 Å². The molecule has 1 aromatic carbocycles. The Morgan fingerprint density at radius 1 is 1.16 bits per heavy atom. The first-order valence-electron chi connectivity index (χ1n) is 12.6. The number of nitrogen functional groups attached to an aromatic ring is 1. The molecule has 37 heavy (non-hydrogen) atoms. The first-order chi connectivity index (χ1) is 17.9. The zero-order valence-corrected chi connectivity index (χ0v) is 20.5. The molecule has 2 heterocycles. The summed E-state index contributed by atoms with van der Waals surface area (Å²) < 4.78 is 11.9. The molecule has 0 unspecified atom stereocenters. The Balaban J connectivity index is 1.37. The van der Waals surface area contributed by atoms with E-state index in [9.17, 15) is 14.7 Å². The number of carboxylic acid groups (broad SMARTS) is 1. The average molecular weight is 515 g/mol. The third kappa shape index (κ3) is 7.75. The fraction of sp³-hybridized carbons (Fsp3) is 0.520. The van der Waals surface area contributed by atoms with E-state index < -0.39 is 30.7 Å². The van der Waals surface area contributed by atoms with Crippen molar-refractivity contribution in [2.24, 2.45) is 0 Å². The summed E-state index contributed by atoms with van der Waals surface area (Å²) in [5.41, 5.74) is 7.27.